The zero-order valence-corrected chi connectivity index (χ0v) is 41.9. The number of fused-ring (bicyclic) bond motifs is 8. The van der Waals surface area contributed by atoms with E-state index in [-0.39, 0.29) is 47.6 Å². The second-order valence-corrected chi connectivity index (χ2v) is 21.1. The highest BCUT2D eigenvalue weighted by Crippen LogP contribution is 2.43. The van der Waals surface area contributed by atoms with E-state index in [1.807, 2.05) is 13.8 Å². The molecule has 2 unspecified atom stereocenters. The van der Waals surface area contributed by atoms with Crippen molar-refractivity contribution in [2.45, 2.75) is 166 Å². The number of hydrogen-bond acceptors (Lipinski definition) is 8. The first kappa shape index (κ1) is 50.0. The molecule has 4 aliphatic rings. The van der Waals surface area contributed by atoms with Crippen LogP contribution in [0.2, 0.25) is 0 Å². The Kier molecular flexibility index (Phi) is 16.8. The van der Waals surface area contributed by atoms with Crippen LogP contribution in [0.1, 0.15) is 184 Å². The number of methoxy groups -OCH3 is 1. The molecule has 10 nitrogen and oxygen atoms in total. The fourth-order valence-corrected chi connectivity index (χ4v) is 11.5. The van der Waals surface area contributed by atoms with Crippen LogP contribution in [-0.2, 0) is 19.1 Å². The van der Waals surface area contributed by atoms with E-state index in [4.69, 9.17) is 9.47 Å². The summed E-state index contributed by atoms with van der Waals surface area (Å²) in [6, 6.07) is -0.426. The van der Waals surface area contributed by atoms with Crippen LogP contribution >= 0.6 is 0 Å². The van der Waals surface area contributed by atoms with Gasteiger partial charge in [0.25, 0.3) is 0 Å². The van der Waals surface area contributed by atoms with Crippen molar-refractivity contribution in [3.8, 4) is 0 Å². The minimum atomic E-state index is -1.01. The van der Waals surface area contributed by atoms with Crippen molar-refractivity contribution in [1.82, 2.24) is 20.6 Å². The number of aromatic amines is 2. The van der Waals surface area contributed by atoms with Crippen molar-refractivity contribution in [1.29, 1.82) is 0 Å². The summed E-state index contributed by atoms with van der Waals surface area (Å²) in [5.74, 6) is 1.20. The molecule has 0 saturated carbocycles. The van der Waals surface area contributed by atoms with Gasteiger partial charge in [0.1, 0.15) is 11.7 Å². The molecule has 0 spiro atoms. The molecule has 1 aliphatic carbocycles. The topological polar surface area (TPSA) is 146 Å². The average Bonchev–Trinajstić information content (AvgIpc) is 4.00. The zero-order chi connectivity index (χ0) is 47.3. The lowest BCUT2D eigenvalue weighted by Crippen LogP contribution is -2.38. The first-order valence-corrected chi connectivity index (χ1v) is 25.3. The Morgan fingerprint density at radius 3 is 1.94 bits per heavy atom. The van der Waals surface area contributed by atoms with Crippen LogP contribution in [0.15, 0.2) is 17.1 Å². The Morgan fingerprint density at radius 1 is 0.754 bits per heavy atom. The van der Waals surface area contributed by atoms with Gasteiger partial charge < -0.3 is 35.2 Å². The summed E-state index contributed by atoms with van der Waals surface area (Å²) in [5, 5.41) is 20.8. The van der Waals surface area contributed by atoms with Gasteiger partial charge in [-0.1, -0.05) is 113 Å². The Morgan fingerprint density at radius 2 is 1.34 bits per heavy atom. The third-order valence-electron chi connectivity index (χ3n) is 15.7. The number of ketones is 1. The van der Waals surface area contributed by atoms with Gasteiger partial charge in [0.2, 0.25) is 0 Å². The SMILES string of the molecule is CC[C@H]1/C2=C/c3[nH]c4c(c3C)=C(O)[C@H](C(=O)OC)C=4C3N/C(=C\c4[nH]c(c(C(C)=O)c4C)/C=C(\N2)[C@@H]1C)[C@@H](C)[C@@H]3CCC(=O)OCCC(C)CCC[C@@H](C)CCC[C@@H](C)CCCC(C)C. The monoisotopic (exact) mass is 895 g/mol. The lowest BCUT2D eigenvalue weighted by atomic mass is 9.80. The molecule has 5 heterocycles. The summed E-state index contributed by atoms with van der Waals surface area (Å²) in [5.41, 5.74) is 8.52. The second kappa shape index (κ2) is 21.9. The van der Waals surface area contributed by atoms with E-state index < -0.39 is 17.9 Å². The number of aliphatic hydroxyl groups excluding tert-OH is 1. The number of carbonyl (C=O) groups is 3. The van der Waals surface area contributed by atoms with E-state index in [0.717, 1.165) is 82.3 Å². The molecule has 2 aromatic rings. The summed E-state index contributed by atoms with van der Waals surface area (Å²) in [6.45, 7) is 24.2. The van der Waals surface area contributed by atoms with Gasteiger partial charge in [0, 0.05) is 63.4 Å². The number of nitrogens with one attached hydrogen (secondary N) is 4. The molecule has 10 heteroatoms. The molecule has 0 amide bonds. The fourth-order valence-electron chi connectivity index (χ4n) is 11.5. The Hall–Kier alpha value is -4.47. The number of allylic oxidation sites excluding steroid dienone is 3. The highest BCUT2D eigenvalue weighted by Gasteiger charge is 2.47. The highest BCUT2D eigenvalue weighted by atomic mass is 16.5. The maximum Gasteiger partial charge on any atom is 0.320 e. The first-order valence-electron chi connectivity index (χ1n) is 25.3. The Bertz CT molecular complexity index is 2270. The van der Waals surface area contributed by atoms with Gasteiger partial charge in [0.15, 0.2) is 5.78 Å². The lowest BCUT2D eigenvalue weighted by molar-refractivity contribution is -0.144. The molecule has 9 atom stereocenters. The van der Waals surface area contributed by atoms with Gasteiger partial charge in [0.05, 0.1) is 30.8 Å². The fraction of sp³-hybridized carbons (Fsp3) is 0.655. The van der Waals surface area contributed by atoms with E-state index in [9.17, 15) is 19.5 Å². The molecule has 2 saturated heterocycles. The summed E-state index contributed by atoms with van der Waals surface area (Å²) in [4.78, 5) is 47.7. The molecule has 5 N–H and O–H groups in total. The average molecular weight is 895 g/mol. The third kappa shape index (κ3) is 11.2. The molecule has 65 heavy (non-hydrogen) atoms. The van der Waals surface area contributed by atoms with E-state index >= 15 is 0 Å². The van der Waals surface area contributed by atoms with Crippen molar-refractivity contribution in [3.63, 3.8) is 0 Å². The molecule has 358 valence electrons. The standard InChI is InChI=1S/C55H82N4O6/c1-13-39-34(7)41-29-46-48(38(11)60)36(9)43(57-46)27-42-35(8)40(52(58-42)50-51(55(63)64-12)54(62)49-37(10)44(59-53(49)50)28-45(39)56-41)23-24-47(61)65-26-25-33(6)22-16-21-32(5)20-15-19-31(4)18-14-17-30(2)3/h27-35,39-40,51-52,56-59,62H,13-26H2,1-12H3/b41-29-,42-27-,45-28-/t31-,32-,33?,34+,35-,39+,40-,51+,52?/m0/s1. The molecular formula is C55H82N4O6. The predicted octanol–water partition coefficient (Wildman–Crippen LogP) is 10.8. The van der Waals surface area contributed by atoms with E-state index in [1.165, 1.54) is 58.5 Å². The number of carbonyl (C=O) groups excluding carboxylic acids is 3. The van der Waals surface area contributed by atoms with Gasteiger partial charge in [-0.25, -0.2) is 0 Å². The molecule has 0 radical (unpaired) electrons. The minimum absolute atomic E-state index is 0.0129. The number of aliphatic hydroxyl groups is 1. The number of ether oxygens (including phenoxy) is 2. The van der Waals surface area contributed by atoms with Crippen molar-refractivity contribution in [3.05, 3.63) is 61.4 Å². The smallest absolute Gasteiger partial charge is 0.320 e. The second-order valence-electron chi connectivity index (χ2n) is 21.1. The minimum Gasteiger partial charge on any atom is -0.510 e. The number of aromatic nitrogens is 2. The zero-order valence-electron chi connectivity index (χ0n) is 41.9. The molecule has 8 bridgehead atoms. The molecular weight excluding hydrogens is 813 g/mol. The van der Waals surface area contributed by atoms with Gasteiger partial charge in [-0.2, -0.15) is 0 Å². The van der Waals surface area contributed by atoms with Crippen molar-refractivity contribution >= 4 is 47.3 Å². The van der Waals surface area contributed by atoms with Crippen LogP contribution in [0.25, 0.3) is 29.6 Å². The lowest BCUT2D eigenvalue weighted by Gasteiger charge is -2.26. The van der Waals surface area contributed by atoms with Crippen LogP contribution in [0, 0.1) is 67.1 Å². The van der Waals surface area contributed by atoms with Crippen LogP contribution in [0.5, 0.6) is 0 Å². The van der Waals surface area contributed by atoms with Crippen LogP contribution in [0.3, 0.4) is 0 Å². The highest BCUT2D eigenvalue weighted by molar-refractivity contribution is 6.00. The van der Waals surface area contributed by atoms with E-state index in [2.05, 4.69) is 94.2 Å². The number of esters is 2. The molecule has 3 aliphatic heterocycles. The maximum absolute atomic E-state index is 13.7. The van der Waals surface area contributed by atoms with Crippen molar-refractivity contribution in [2.75, 3.05) is 13.7 Å². The number of rotatable bonds is 21. The molecule has 2 aromatic heterocycles. The Balaban J connectivity index is 1.18. The first-order chi connectivity index (χ1) is 30.9. The van der Waals surface area contributed by atoms with E-state index in [1.54, 1.807) is 6.92 Å². The normalized spacial score (nSPS) is 26.1. The summed E-state index contributed by atoms with van der Waals surface area (Å²) < 4.78 is 11.3. The summed E-state index contributed by atoms with van der Waals surface area (Å²) in [7, 11) is 1.35. The predicted molar refractivity (Wildman–Crippen MR) is 264 cm³/mol. The van der Waals surface area contributed by atoms with Gasteiger partial charge >= 0.3 is 11.9 Å². The largest absolute Gasteiger partial charge is 0.510 e. The molecule has 2 fully saturated rings. The molecule has 0 aromatic carbocycles. The van der Waals surface area contributed by atoms with Gasteiger partial charge in [-0.15, -0.1) is 0 Å². The third-order valence-corrected chi connectivity index (χ3v) is 15.7. The van der Waals surface area contributed by atoms with Crippen LogP contribution in [0.4, 0.5) is 0 Å². The van der Waals surface area contributed by atoms with Crippen LogP contribution in [-0.4, -0.2) is 52.6 Å². The number of Topliss-reactive ketones (excluding diaryl/α,β-unsaturated/α-hetero) is 1. The number of H-pyrrole nitrogens is 2. The quantitative estimate of drug-likeness (QED) is 0.0615. The summed E-state index contributed by atoms with van der Waals surface area (Å²) >= 11 is 0. The maximum atomic E-state index is 13.7. The van der Waals surface area contributed by atoms with Gasteiger partial charge in [-0.3, -0.25) is 14.4 Å². The van der Waals surface area contributed by atoms with Crippen LogP contribution < -0.4 is 21.2 Å². The Labute approximate surface area is 389 Å². The van der Waals surface area contributed by atoms with Crippen molar-refractivity contribution in [2.24, 2.45) is 53.3 Å². The van der Waals surface area contributed by atoms with E-state index in [0.29, 0.717) is 40.6 Å². The number of hydrogen-bond donors (Lipinski definition) is 5. The molecule has 6 rings (SSSR count). The van der Waals surface area contributed by atoms with Crippen molar-refractivity contribution < 1.29 is 29.0 Å². The summed E-state index contributed by atoms with van der Waals surface area (Å²) in [6.07, 6.45) is 20.4. The van der Waals surface area contributed by atoms with Gasteiger partial charge in [-0.05, 0) is 105 Å².